The van der Waals surface area contributed by atoms with Gasteiger partial charge in [0.2, 0.25) is 0 Å². The summed E-state index contributed by atoms with van der Waals surface area (Å²) >= 11 is 0. The fourth-order valence-electron chi connectivity index (χ4n) is 2.36. The number of rotatable bonds is 3. The van der Waals surface area contributed by atoms with Gasteiger partial charge in [-0.15, -0.1) is 0 Å². The standard InChI is InChI=1S/C18H17FN4O/c1-23(2)14-6-4-13(5-7-14)21-18(24)22-17-9-10-20-16-8-3-12(19)11-15(16)17/h3-11H,1-2H3,(H2,20,21,22,24). The van der Waals surface area contributed by atoms with Crippen molar-refractivity contribution in [3.8, 4) is 0 Å². The highest BCUT2D eigenvalue weighted by Crippen LogP contribution is 2.23. The highest BCUT2D eigenvalue weighted by atomic mass is 19.1. The van der Waals surface area contributed by atoms with Crippen molar-refractivity contribution in [3.05, 3.63) is 60.5 Å². The third kappa shape index (κ3) is 3.43. The lowest BCUT2D eigenvalue weighted by molar-refractivity contribution is 0.262. The average molecular weight is 324 g/mol. The van der Waals surface area contributed by atoms with Gasteiger partial charge in [-0.25, -0.2) is 9.18 Å². The first-order valence-corrected chi connectivity index (χ1v) is 7.42. The summed E-state index contributed by atoms with van der Waals surface area (Å²) in [6.07, 6.45) is 1.57. The molecule has 3 rings (SSSR count). The summed E-state index contributed by atoms with van der Waals surface area (Å²) in [5, 5.41) is 6.04. The summed E-state index contributed by atoms with van der Waals surface area (Å²) in [5.74, 6) is -0.377. The van der Waals surface area contributed by atoms with E-state index in [2.05, 4.69) is 15.6 Å². The lowest BCUT2D eigenvalue weighted by Crippen LogP contribution is -2.19. The van der Waals surface area contributed by atoms with E-state index in [1.54, 1.807) is 18.3 Å². The summed E-state index contributed by atoms with van der Waals surface area (Å²) in [4.78, 5) is 18.3. The summed E-state index contributed by atoms with van der Waals surface area (Å²) < 4.78 is 13.4. The largest absolute Gasteiger partial charge is 0.378 e. The molecule has 0 spiro atoms. The van der Waals surface area contributed by atoms with Crippen molar-refractivity contribution in [2.45, 2.75) is 0 Å². The van der Waals surface area contributed by atoms with E-state index in [1.165, 1.54) is 12.1 Å². The second kappa shape index (κ2) is 6.54. The van der Waals surface area contributed by atoms with E-state index in [0.717, 1.165) is 5.69 Å². The molecule has 2 amide bonds. The van der Waals surface area contributed by atoms with Crippen molar-refractivity contribution in [2.24, 2.45) is 0 Å². The molecule has 5 nitrogen and oxygen atoms in total. The van der Waals surface area contributed by atoms with E-state index in [9.17, 15) is 9.18 Å². The molecule has 0 aliphatic rings. The van der Waals surface area contributed by atoms with Crippen LogP contribution in [0.1, 0.15) is 0 Å². The Bertz CT molecular complexity index is 878. The normalized spacial score (nSPS) is 10.5. The number of carbonyl (C=O) groups is 1. The molecule has 24 heavy (non-hydrogen) atoms. The highest BCUT2D eigenvalue weighted by molar-refractivity contribution is 6.05. The van der Waals surface area contributed by atoms with Crippen LogP contribution in [0.15, 0.2) is 54.7 Å². The minimum atomic E-state index is -0.399. The fraction of sp³-hybridized carbons (Fsp3) is 0.111. The lowest BCUT2D eigenvalue weighted by Gasteiger charge is -2.13. The Morgan fingerprint density at radius 2 is 1.79 bits per heavy atom. The number of amides is 2. The molecule has 3 aromatic rings. The number of hydrogen-bond donors (Lipinski definition) is 2. The summed E-state index contributed by atoms with van der Waals surface area (Å²) in [6.45, 7) is 0. The first-order chi connectivity index (χ1) is 11.5. The van der Waals surface area contributed by atoms with Crippen LogP contribution in [0.2, 0.25) is 0 Å². The highest BCUT2D eigenvalue weighted by Gasteiger charge is 2.08. The number of aromatic nitrogens is 1. The predicted octanol–water partition coefficient (Wildman–Crippen LogP) is 4.08. The molecular weight excluding hydrogens is 307 g/mol. The monoisotopic (exact) mass is 324 g/mol. The molecule has 6 heteroatoms. The zero-order chi connectivity index (χ0) is 17.1. The van der Waals surface area contributed by atoms with E-state index in [1.807, 2.05) is 43.3 Å². The van der Waals surface area contributed by atoms with E-state index in [-0.39, 0.29) is 5.82 Å². The fourth-order valence-corrected chi connectivity index (χ4v) is 2.36. The number of pyridine rings is 1. The smallest absolute Gasteiger partial charge is 0.323 e. The van der Waals surface area contributed by atoms with E-state index in [0.29, 0.717) is 22.3 Å². The molecule has 0 unspecified atom stereocenters. The molecule has 0 bridgehead atoms. The zero-order valence-electron chi connectivity index (χ0n) is 13.4. The number of halogens is 1. The maximum absolute atomic E-state index is 13.4. The van der Waals surface area contributed by atoms with E-state index >= 15 is 0 Å². The van der Waals surface area contributed by atoms with Crippen LogP contribution < -0.4 is 15.5 Å². The third-order valence-electron chi connectivity index (χ3n) is 3.59. The topological polar surface area (TPSA) is 57.3 Å². The Hall–Kier alpha value is -3.15. The minimum Gasteiger partial charge on any atom is -0.378 e. The molecule has 0 aliphatic carbocycles. The van der Waals surface area contributed by atoms with Gasteiger partial charge in [0.1, 0.15) is 5.82 Å². The third-order valence-corrected chi connectivity index (χ3v) is 3.59. The molecule has 0 atom stereocenters. The number of urea groups is 1. The van der Waals surface area contributed by atoms with Crippen molar-refractivity contribution in [1.82, 2.24) is 4.98 Å². The van der Waals surface area contributed by atoms with Gasteiger partial charge in [0, 0.05) is 37.1 Å². The number of benzene rings is 2. The maximum Gasteiger partial charge on any atom is 0.323 e. The molecule has 1 heterocycles. The number of hydrogen-bond acceptors (Lipinski definition) is 3. The lowest BCUT2D eigenvalue weighted by atomic mass is 10.2. The molecule has 122 valence electrons. The molecule has 0 aliphatic heterocycles. The molecule has 0 radical (unpaired) electrons. The molecule has 1 aromatic heterocycles. The molecule has 0 fully saturated rings. The van der Waals surface area contributed by atoms with Crippen LogP contribution in [0.3, 0.4) is 0 Å². The van der Waals surface area contributed by atoms with Crippen LogP contribution in [0, 0.1) is 5.82 Å². The van der Waals surface area contributed by atoms with Crippen LogP contribution >= 0.6 is 0 Å². The first kappa shape index (κ1) is 15.7. The van der Waals surface area contributed by atoms with Crippen molar-refractivity contribution in [1.29, 1.82) is 0 Å². The van der Waals surface area contributed by atoms with Gasteiger partial charge in [-0.2, -0.15) is 0 Å². The zero-order valence-corrected chi connectivity index (χ0v) is 13.4. The van der Waals surface area contributed by atoms with Gasteiger partial charge in [-0.3, -0.25) is 4.98 Å². The number of nitrogens with one attached hydrogen (secondary N) is 2. The molecule has 2 N–H and O–H groups in total. The second-order valence-electron chi connectivity index (χ2n) is 5.54. The summed E-state index contributed by atoms with van der Waals surface area (Å²) in [6, 6.07) is 13.0. The van der Waals surface area contributed by atoms with Gasteiger partial charge in [0.25, 0.3) is 0 Å². The van der Waals surface area contributed by atoms with Gasteiger partial charge in [0.05, 0.1) is 11.2 Å². The van der Waals surface area contributed by atoms with Gasteiger partial charge in [-0.05, 0) is 48.5 Å². The van der Waals surface area contributed by atoms with Crippen molar-refractivity contribution < 1.29 is 9.18 Å². The van der Waals surface area contributed by atoms with Crippen LogP contribution in [0.4, 0.5) is 26.2 Å². The average Bonchev–Trinajstić information content (AvgIpc) is 2.56. The maximum atomic E-state index is 13.4. The van der Waals surface area contributed by atoms with Gasteiger partial charge in [-0.1, -0.05) is 0 Å². The second-order valence-corrected chi connectivity index (χ2v) is 5.54. The predicted molar refractivity (Wildman–Crippen MR) is 95.1 cm³/mol. The van der Waals surface area contributed by atoms with Crippen molar-refractivity contribution in [2.75, 3.05) is 29.6 Å². The van der Waals surface area contributed by atoms with Crippen LogP contribution in [-0.2, 0) is 0 Å². The van der Waals surface area contributed by atoms with Crippen LogP contribution in [0.5, 0.6) is 0 Å². The van der Waals surface area contributed by atoms with Crippen molar-refractivity contribution >= 4 is 34.0 Å². The minimum absolute atomic E-state index is 0.377. The van der Waals surface area contributed by atoms with Crippen LogP contribution in [-0.4, -0.2) is 25.1 Å². The number of anilines is 3. The molecule has 0 saturated heterocycles. The molecule has 0 saturated carbocycles. The summed E-state index contributed by atoms with van der Waals surface area (Å²) in [7, 11) is 3.89. The quantitative estimate of drug-likeness (QED) is 0.763. The van der Waals surface area contributed by atoms with Gasteiger partial charge >= 0.3 is 6.03 Å². The molecule has 2 aromatic carbocycles. The Kier molecular flexibility index (Phi) is 4.29. The van der Waals surface area contributed by atoms with Gasteiger partial charge in [0.15, 0.2) is 0 Å². The number of nitrogens with zero attached hydrogens (tertiary/aromatic N) is 2. The number of fused-ring (bicyclic) bond motifs is 1. The van der Waals surface area contributed by atoms with Crippen LogP contribution in [0.25, 0.3) is 10.9 Å². The first-order valence-electron chi connectivity index (χ1n) is 7.42. The van der Waals surface area contributed by atoms with Crippen molar-refractivity contribution in [3.63, 3.8) is 0 Å². The Morgan fingerprint density at radius 1 is 1.04 bits per heavy atom. The Morgan fingerprint density at radius 3 is 2.50 bits per heavy atom. The summed E-state index contributed by atoms with van der Waals surface area (Å²) in [5.41, 5.74) is 2.82. The number of carbonyl (C=O) groups excluding carboxylic acids is 1. The Balaban J connectivity index is 1.76. The Labute approximate surface area is 139 Å². The van der Waals surface area contributed by atoms with E-state index < -0.39 is 6.03 Å². The molecular formula is C18H17FN4O. The van der Waals surface area contributed by atoms with Gasteiger partial charge < -0.3 is 15.5 Å². The SMILES string of the molecule is CN(C)c1ccc(NC(=O)Nc2ccnc3ccc(F)cc23)cc1. The van der Waals surface area contributed by atoms with E-state index in [4.69, 9.17) is 0 Å².